The van der Waals surface area contributed by atoms with Crippen molar-refractivity contribution in [1.82, 2.24) is 4.72 Å². The number of ether oxygens (including phenoxy) is 3. The Balaban J connectivity index is 2.27. The van der Waals surface area contributed by atoms with E-state index in [2.05, 4.69) is 4.72 Å². The molecule has 0 aliphatic heterocycles. The molecule has 0 fully saturated rings. The minimum Gasteiger partial charge on any atom is -0.496 e. The zero-order valence-corrected chi connectivity index (χ0v) is 14.9. The molecule has 0 amide bonds. The topological polar surface area (TPSA) is 73.9 Å². The summed E-state index contributed by atoms with van der Waals surface area (Å²) in [5.41, 5.74) is 1.38. The maximum Gasteiger partial charge on any atom is 0.240 e. The molecular weight excluding hydrogens is 330 g/mol. The number of methoxy groups -OCH3 is 3. The van der Waals surface area contributed by atoms with Gasteiger partial charge in [0.15, 0.2) is 0 Å². The summed E-state index contributed by atoms with van der Waals surface area (Å²) >= 11 is 0. The molecule has 0 aromatic heterocycles. The van der Waals surface area contributed by atoms with E-state index in [9.17, 15) is 8.42 Å². The number of sulfonamides is 1. The van der Waals surface area contributed by atoms with Crippen LogP contribution >= 0.6 is 0 Å². The van der Waals surface area contributed by atoms with Gasteiger partial charge < -0.3 is 14.2 Å². The fourth-order valence-corrected chi connectivity index (χ4v) is 3.45. The van der Waals surface area contributed by atoms with Gasteiger partial charge >= 0.3 is 0 Å². The molecule has 24 heavy (non-hydrogen) atoms. The van der Waals surface area contributed by atoms with Crippen LogP contribution in [0.5, 0.6) is 17.2 Å². The first kappa shape index (κ1) is 18.1. The van der Waals surface area contributed by atoms with Crippen molar-refractivity contribution >= 4 is 10.0 Å². The molecule has 0 bridgehead atoms. The molecule has 0 atom stereocenters. The highest BCUT2D eigenvalue weighted by atomic mass is 32.2. The second-order valence-electron chi connectivity index (χ2n) is 5.10. The lowest BCUT2D eigenvalue weighted by atomic mass is 10.2. The lowest BCUT2D eigenvalue weighted by Gasteiger charge is -2.14. The highest BCUT2D eigenvalue weighted by Crippen LogP contribution is 2.28. The van der Waals surface area contributed by atoms with Crippen LogP contribution in [0.25, 0.3) is 0 Å². The van der Waals surface area contributed by atoms with Crippen LogP contribution in [-0.2, 0) is 16.6 Å². The number of hydrogen-bond acceptors (Lipinski definition) is 5. The van der Waals surface area contributed by atoms with Crippen LogP contribution in [0.2, 0.25) is 0 Å². The van der Waals surface area contributed by atoms with Gasteiger partial charge in [-0.2, -0.15) is 0 Å². The lowest BCUT2D eigenvalue weighted by Crippen LogP contribution is -2.24. The third kappa shape index (κ3) is 3.80. The van der Waals surface area contributed by atoms with Gasteiger partial charge in [-0.05, 0) is 42.8 Å². The standard InChI is InChI=1S/C17H21NO5S/c1-12-10-13(8-9-15(12)21-2)24(19,20)18-11-14-16(22-3)6-5-7-17(14)23-4/h5-10,18H,11H2,1-4H3. The first-order valence-electron chi connectivity index (χ1n) is 7.27. The van der Waals surface area contributed by atoms with Crippen molar-refractivity contribution in [3.8, 4) is 17.2 Å². The quantitative estimate of drug-likeness (QED) is 0.830. The summed E-state index contributed by atoms with van der Waals surface area (Å²) in [7, 11) is 0.927. The molecule has 2 aromatic rings. The SMILES string of the molecule is COc1ccc(S(=O)(=O)NCc2c(OC)cccc2OC)cc1C. The largest absolute Gasteiger partial charge is 0.496 e. The highest BCUT2D eigenvalue weighted by Gasteiger charge is 2.18. The van der Waals surface area contributed by atoms with E-state index < -0.39 is 10.0 Å². The molecule has 0 heterocycles. The van der Waals surface area contributed by atoms with Crippen molar-refractivity contribution in [3.63, 3.8) is 0 Å². The van der Waals surface area contributed by atoms with Crippen molar-refractivity contribution in [2.24, 2.45) is 0 Å². The van der Waals surface area contributed by atoms with Crippen molar-refractivity contribution in [2.45, 2.75) is 18.4 Å². The van der Waals surface area contributed by atoms with Crippen molar-refractivity contribution in [2.75, 3.05) is 21.3 Å². The Labute approximate surface area is 142 Å². The Kier molecular flexibility index (Phi) is 5.69. The van der Waals surface area contributed by atoms with Gasteiger partial charge in [0.25, 0.3) is 0 Å². The first-order valence-corrected chi connectivity index (χ1v) is 8.75. The van der Waals surface area contributed by atoms with Gasteiger partial charge in [0, 0.05) is 6.54 Å². The Bertz CT molecular complexity index is 795. The zero-order valence-electron chi connectivity index (χ0n) is 14.1. The maximum absolute atomic E-state index is 12.5. The molecule has 0 aliphatic carbocycles. The van der Waals surface area contributed by atoms with Crippen LogP contribution < -0.4 is 18.9 Å². The number of aryl methyl sites for hydroxylation is 1. The van der Waals surface area contributed by atoms with E-state index in [1.807, 2.05) is 0 Å². The Morgan fingerprint density at radius 3 is 2.00 bits per heavy atom. The Morgan fingerprint density at radius 2 is 1.50 bits per heavy atom. The predicted molar refractivity (Wildman–Crippen MR) is 91.3 cm³/mol. The number of hydrogen-bond donors (Lipinski definition) is 1. The number of rotatable bonds is 7. The summed E-state index contributed by atoms with van der Waals surface area (Å²) in [6.07, 6.45) is 0. The fraction of sp³-hybridized carbons (Fsp3) is 0.294. The van der Waals surface area contributed by atoms with E-state index in [4.69, 9.17) is 14.2 Å². The molecule has 0 saturated carbocycles. The second kappa shape index (κ2) is 7.55. The molecule has 0 radical (unpaired) electrons. The van der Waals surface area contributed by atoms with E-state index in [0.29, 0.717) is 22.8 Å². The van der Waals surface area contributed by atoms with Crippen molar-refractivity contribution < 1.29 is 22.6 Å². The minimum absolute atomic E-state index is 0.0561. The van der Waals surface area contributed by atoms with Gasteiger partial charge in [0.05, 0.1) is 31.8 Å². The van der Waals surface area contributed by atoms with Crippen LogP contribution in [0.1, 0.15) is 11.1 Å². The molecule has 0 saturated heterocycles. The van der Waals surface area contributed by atoms with Gasteiger partial charge in [0.1, 0.15) is 17.2 Å². The molecule has 2 rings (SSSR count). The lowest BCUT2D eigenvalue weighted by molar-refractivity contribution is 0.384. The average Bonchev–Trinajstić information content (AvgIpc) is 2.59. The van der Waals surface area contributed by atoms with E-state index in [-0.39, 0.29) is 11.4 Å². The summed E-state index contributed by atoms with van der Waals surface area (Å²) in [5.74, 6) is 1.76. The molecule has 6 nitrogen and oxygen atoms in total. The molecule has 0 unspecified atom stereocenters. The van der Waals surface area contributed by atoms with E-state index in [0.717, 1.165) is 5.56 Å². The Hall–Kier alpha value is -2.25. The molecule has 130 valence electrons. The Morgan fingerprint density at radius 1 is 0.917 bits per heavy atom. The maximum atomic E-state index is 12.5. The van der Waals surface area contributed by atoms with E-state index >= 15 is 0 Å². The predicted octanol–water partition coefficient (Wildman–Crippen LogP) is 2.50. The monoisotopic (exact) mass is 351 g/mol. The van der Waals surface area contributed by atoms with Gasteiger partial charge in [-0.25, -0.2) is 13.1 Å². The molecule has 7 heteroatoms. The van der Waals surface area contributed by atoms with Crippen LogP contribution in [0.3, 0.4) is 0 Å². The zero-order chi connectivity index (χ0) is 17.7. The summed E-state index contributed by atoms with van der Waals surface area (Å²) < 4.78 is 43.3. The third-order valence-corrected chi connectivity index (χ3v) is 5.04. The summed E-state index contributed by atoms with van der Waals surface area (Å²) in [6.45, 7) is 1.85. The van der Waals surface area contributed by atoms with Crippen molar-refractivity contribution in [3.05, 3.63) is 47.5 Å². The summed E-state index contributed by atoms with van der Waals surface area (Å²) in [4.78, 5) is 0.176. The molecule has 0 spiro atoms. The number of benzene rings is 2. The summed E-state index contributed by atoms with van der Waals surface area (Å²) in [6, 6.07) is 10.00. The summed E-state index contributed by atoms with van der Waals surface area (Å²) in [5, 5.41) is 0. The van der Waals surface area contributed by atoms with Crippen LogP contribution in [0.15, 0.2) is 41.3 Å². The third-order valence-electron chi connectivity index (χ3n) is 3.65. The molecule has 2 aromatic carbocycles. The average molecular weight is 351 g/mol. The van der Waals surface area contributed by atoms with Crippen LogP contribution in [0, 0.1) is 6.92 Å². The molecule has 0 aliphatic rings. The van der Waals surface area contributed by atoms with Gasteiger partial charge in [-0.3, -0.25) is 0 Å². The van der Waals surface area contributed by atoms with Gasteiger partial charge in [-0.15, -0.1) is 0 Å². The normalized spacial score (nSPS) is 11.2. The number of nitrogens with one attached hydrogen (secondary N) is 1. The smallest absolute Gasteiger partial charge is 0.240 e. The minimum atomic E-state index is -3.67. The molecular formula is C17H21NO5S. The van der Waals surface area contributed by atoms with Gasteiger partial charge in [-0.1, -0.05) is 6.07 Å². The highest BCUT2D eigenvalue weighted by molar-refractivity contribution is 7.89. The van der Waals surface area contributed by atoms with Gasteiger partial charge in [0.2, 0.25) is 10.0 Å². The molecule has 1 N–H and O–H groups in total. The van der Waals surface area contributed by atoms with Crippen molar-refractivity contribution in [1.29, 1.82) is 0 Å². The fourth-order valence-electron chi connectivity index (χ4n) is 2.37. The van der Waals surface area contributed by atoms with Crippen LogP contribution in [-0.4, -0.2) is 29.7 Å². The van der Waals surface area contributed by atoms with E-state index in [1.54, 1.807) is 44.4 Å². The van der Waals surface area contributed by atoms with E-state index in [1.165, 1.54) is 20.3 Å². The first-order chi connectivity index (χ1) is 11.4. The van der Waals surface area contributed by atoms with Crippen LogP contribution in [0.4, 0.5) is 0 Å². The second-order valence-corrected chi connectivity index (χ2v) is 6.86.